The van der Waals surface area contributed by atoms with Crippen LogP contribution in [0.25, 0.3) is 28.2 Å². The standard InChI is InChI=1S/C24H25N7O2/c1-29-13-14-30(12-10-21(29)33)20-9-8-19-24(28-20)31(17-6-4-16(15-32)5-7-17)23(27-19)18-3-2-11-26-22(18)25/h2-9,11,32H,10,12-15H2,1H3,(H2,25,26). The molecule has 4 heterocycles. The van der Waals surface area contributed by atoms with Crippen molar-refractivity contribution in [2.45, 2.75) is 13.0 Å². The van der Waals surface area contributed by atoms with Crippen molar-refractivity contribution < 1.29 is 9.90 Å². The van der Waals surface area contributed by atoms with Crippen LogP contribution in [-0.4, -0.2) is 62.1 Å². The number of aliphatic hydroxyl groups is 1. The number of aliphatic hydroxyl groups excluding tert-OH is 1. The fraction of sp³-hybridized carbons (Fsp3) is 0.250. The Kier molecular flexibility index (Phi) is 5.39. The lowest BCUT2D eigenvalue weighted by Crippen LogP contribution is -2.30. The van der Waals surface area contributed by atoms with Gasteiger partial charge in [0.1, 0.15) is 17.2 Å². The Balaban J connectivity index is 1.67. The molecule has 0 radical (unpaired) electrons. The number of nitrogen functional groups attached to an aromatic ring is 1. The third-order valence-corrected chi connectivity index (χ3v) is 6.00. The van der Waals surface area contributed by atoms with E-state index < -0.39 is 0 Å². The number of nitrogens with zero attached hydrogens (tertiary/aromatic N) is 6. The molecule has 0 atom stereocenters. The molecule has 1 fully saturated rings. The van der Waals surface area contributed by atoms with E-state index in [0.717, 1.165) is 22.6 Å². The molecule has 3 N–H and O–H groups in total. The molecule has 1 saturated heterocycles. The van der Waals surface area contributed by atoms with Gasteiger partial charge in [0.05, 0.1) is 12.2 Å². The average Bonchev–Trinajstić information content (AvgIpc) is 3.13. The number of anilines is 2. The van der Waals surface area contributed by atoms with Gasteiger partial charge in [-0.05, 0) is 42.0 Å². The zero-order chi connectivity index (χ0) is 22.9. The Morgan fingerprint density at radius 1 is 1.03 bits per heavy atom. The largest absolute Gasteiger partial charge is 0.392 e. The second kappa shape index (κ2) is 8.51. The number of aromatic nitrogens is 4. The first-order chi connectivity index (χ1) is 16.0. The molecule has 0 bridgehead atoms. The molecule has 0 unspecified atom stereocenters. The number of amides is 1. The van der Waals surface area contributed by atoms with Gasteiger partial charge in [0, 0.05) is 45.0 Å². The summed E-state index contributed by atoms with van der Waals surface area (Å²) in [6.07, 6.45) is 2.10. The van der Waals surface area contributed by atoms with Gasteiger partial charge in [-0.15, -0.1) is 0 Å². The van der Waals surface area contributed by atoms with E-state index >= 15 is 0 Å². The van der Waals surface area contributed by atoms with E-state index in [9.17, 15) is 9.90 Å². The van der Waals surface area contributed by atoms with Crippen LogP contribution in [0.5, 0.6) is 0 Å². The van der Waals surface area contributed by atoms with E-state index in [1.807, 2.05) is 60.1 Å². The maximum atomic E-state index is 12.1. The number of imidazole rings is 1. The normalized spacial score (nSPS) is 14.7. The van der Waals surface area contributed by atoms with Crippen molar-refractivity contribution in [3.8, 4) is 17.1 Å². The Morgan fingerprint density at radius 2 is 1.85 bits per heavy atom. The Labute approximate surface area is 191 Å². The lowest BCUT2D eigenvalue weighted by Gasteiger charge is -2.21. The van der Waals surface area contributed by atoms with Gasteiger partial charge < -0.3 is 20.6 Å². The monoisotopic (exact) mass is 443 g/mol. The molecule has 0 aliphatic carbocycles. The fourth-order valence-corrected chi connectivity index (χ4v) is 4.06. The smallest absolute Gasteiger partial charge is 0.224 e. The van der Waals surface area contributed by atoms with Gasteiger partial charge in [-0.2, -0.15) is 0 Å². The Bertz CT molecular complexity index is 1320. The number of benzene rings is 1. The van der Waals surface area contributed by atoms with Crippen LogP contribution < -0.4 is 10.6 Å². The number of likely N-dealkylation sites (N-methyl/N-ethyl adjacent to an activating group) is 1. The first kappa shape index (κ1) is 20.9. The number of carbonyl (C=O) groups excluding carboxylic acids is 1. The van der Waals surface area contributed by atoms with E-state index in [1.54, 1.807) is 11.1 Å². The highest BCUT2D eigenvalue weighted by molar-refractivity contribution is 5.84. The van der Waals surface area contributed by atoms with Gasteiger partial charge in [0.15, 0.2) is 11.5 Å². The Hall–Kier alpha value is -3.98. The number of nitrogens with two attached hydrogens (primary N) is 1. The van der Waals surface area contributed by atoms with Crippen molar-refractivity contribution in [3.63, 3.8) is 0 Å². The van der Waals surface area contributed by atoms with E-state index in [2.05, 4.69) is 9.88 Å². The summed E-state index contributed by atoms with van der Waals surface area (Å²) in [5.74, 6) is 1.96. The summed E-state index contributed by atoms with van der Waals surface area (Å²) in [5, 5.41) is 9.45. The molecule has 3 aromatic heterocycles. The van der Waals surface area contributed by atoms with E-state index in [4.69, 9.17) is 15.7 Å². The van der Waals surface area contributed by atoms with Crippen molar-refractivity contribution in [1.82, 2.24) is 24.4 Å². The van der Waals surface area contributed by atoms with Crippen LogP contribution >= 0.6 is 0 Å². The number of hydrogen-bond acceptors (Lipinski definition) is 7. The van der Waals surface area contributed by atoms with Crippen LogP contribution in [0.2, 0.25) is 0 Å². The third kappa shape index (κ3) is 3.87. The molecule has 0 saturated carbocycles. The number of fused-ring (bicyclic) bond motifs is 1. The van der Waals surface area contributed by atoms with Crippen molar-refractivity contribution in [2.75, 3.05) is 37.3 Å². The number of hydrogen-bond donors (Lipinski definition) is 2. The topological polar surface area (TPSA) is 113 Å². The molecular weight excluding hydrogens is 418 g/mol. The molecule has 9 heteroatoms. The van der Waals surface area contributed by atoms with Gasteiger partial charge in [-0.25, -0.2) is 15.0 Å². The summed E-state index contributed by atoms with van der Waals surface area (Å²) < 4.78 is 1.96. The second-order valence-corrected chi connectivity index (χ2v) is 8.10. The minimum Gasteiger partial charge on any atom is -0.392 e. The van der Waals surface area contributed by atoms with E-state index in [-0.39, 0.29) is 12.5 Å². The Morgan fingerprint density at radius 3 is 2.61 bits per heavy atom. The van der Waals surface area contributed by atoms with Gasteiger partial charge in [0.25, 0.3) is 0 Å². The molecule has 0 spiro atoms. The number of pyridine rings is 2. The van der Waals surface area contributed by atoms with Crippen LogP contribution in [0, 0.1) is 0 Å². The van der Waals surface area contributed by atoms with E-state index in [1.165, 1.54) is 0 Å². The van der Waals surface area contributed by atoms with Crippen molar-refractivity contribution in [2.24, 2.45) is 0 Å². The summed E-state index contributed by atoms with van der Waals surface area (Å²) in [6.45, 7) is 1.95. The maximum Gasteiger partial charge on any atom is 0.224 e. The van der Waals surface area contributed by atoms with Gasteiger partial charge in [0.2, 0.25) is 5.91 Å². The molecule has 33 heavy (non-hydrogen) atoms. The molecule has 1 aromatic carbocycles. The minimum absolute atomic E-state index is 0.0299. The van der Waals surface area contributed by atoms with Crippen molar-refractivity contribution in [3.05, 3.63) is 60.3 Å². The third-order valence-electron chi connectivity index (χ3n) is 6.00. The molecular formula is C24H25N7O2. The first-order valence-corrected chi connectivity index (χ1v) is 10.8. The van der Waals surface area contributed by atoms with Crippen LogP contribution in [0.1, 0.15) is 12.0 Å². The predicted octanol–water partition coefficient (Wildman–Crippen LogP) is 2.23. The van der Waals surface area contributed by atoms with Crippen LogP contribution in [0.15, 0.2) is 54.7 Å². The molecule has 5 rings (SSSR count). The summed E-state index contributed by atoms with van der Waals surface area (Å²) in [6, 6.07) is 15.2. The molecule has 1 amide bonds. The zero-order valence-corrected chi connectivity index (χ0v) is 18.3. The highest BCUT2D eigenvalue weighted by Gasteiger charge is 2.22. The van der Waals surface area contributed by atoms with E-state index in [0.29, 0.717) is 48.9 Å². The molecule has 4 aromatic rings. The average molecular weight is 444 g/mol. The van der Waals surface area contributed by atoms with Gasteiger partial charge in [-0.3, -0.25) is 9.36 Å². The quantitative estimate of drug-likeness (QED) is 0.497. The number of rotatable bonds is 4. The van der Waals surface area contributed by atoms with Gasteiger partial charge >= 0.3 is 0 Å². The lowest BCUT2D eigenvalue weighted by atomic mass is 10.2. The van der Waals surface area contributed by atoms with Crippen LogP contribution in [0.4, 0.5) is 11.6 Å². The summed E-state index contributed by atoms with van der Waals surface area (Å²) in [4.78, 5) is 30.0. The van der Waals surface area contributed by atoms with Gasteiger partial charge in [-0.1, -0.05) is 12.1 Å². The molecule has 9 nitrogen and oxygen atoms in total. The number of carbonyl (C=O) groups is 1. The first-order valence-electron chi connectivity index (χ1n) is 10.8. The summed E-state index contributed by atoms with van der Waals surface area (Å²) in [7, 11) is 1.83. The SMILES string of the molecule is CN1CCN(c2ccc3nc(-c4cccnc4N)n(-c4ccc(CO)cc4)c3n2)CCC1=O. The van der Waals surface area contributed by atoms with Crippen molar-refractivity contribution >= 4 is 28.7 Å². The highest BCUT2D eigenvalue weighted by atomic mass is 16.3. The summed E-state index contributed by atoms with van der Waals surface area (Å²) in [5.41, 5.74) is 9.99. The molecule has 1 aliphatic heterocycles. The predicted molar refractivity (Wildman–Crippen MR) is 127 cm³/mol. The maximum absolute atomic E-state index is 12.1. The van der Waals surface area contributed by atoms with Crippen LogP contribution in [-0.2, 0) is 11.4 Å². The highest BCUT2D eigenvalue weighted by Crippen LogP contribution is 2.31. The zero-order valence-electron chi connectivity index (χ0n) is 18.3. The fourth-order valence-electron chi connectivity index (χ4n) is 4.06. The van der Waals surface area contributed by atoms with Crippen molar-refractivity contribution in [1.29, 1.82) is 0 Å². The molecule has 168 valence electrons. The minimum atomic E-state index is -0.0299. The van der Waals surface area contributed by atoms with Crippen LogP contribution in [0.3, 0.4) is 0 Å². The lowest BCUT2D eigenvalue weighted by molar-refractivity contribution is -0.129. The second-order valence-electron chi connectivity index (χ2n) is 8.10. The summed E-state index contributed by atoms with van der Waals surface area (Å²) >= 11 is 0. The molecule has 1 aliphatic rings.